The van der Waals surface area contributed by atoms with E-state index in [9.17, 15) is 4.79 Å². The summed E-state index contributed by atoms with van der Waals surface area (Å²) in [7, 11) is 0. The molecule has 0 aromatic carbocycles. The molecule has 1 N–H and O–H groups in total. The number of aryl methyl sites for hydroxylation is 2. The molecule has 3 heterocycles. The van der Waals surface area contributed by atoms with Crippen LogP contribution in [-0.2, 0) is 6.61 Å². The molecule has 3 aromatic heterocycles. The largest absolute Gasteiger partial charge is 0.472 e. The summed E-state index contributed by atoms with van der Waals surface area (Å²) in [6, 6.07) is 7.04. The number of amides is 1. The number of aromatic nitrogens is 4. The monoisotopic (exact) mass is 381 g/mol. The molecule has 0 aliphatic carbocycles. The van der Waals surface area contributed by atoms with E-state index in [1.54, 1.807) is 18.3 Å². The van der Waals surface area contributed by atoms with Crippen molar-refractivity contribution in [2.45, 2.75) is 46.8 Å². The summed E-state index contributed by atoms with van der Waals surface area (Å²) < 4.78 is 11.0. The Labute approximate surface area is 163 Å². The van der Waals surface area contributed by atoms with Gasteiger partial charge in [-0.05, 0) is 52.8 Å². The number of pyridine rings is 1. The molecule has 8 nitrogen and oxygen atoms in total. The van der Waals surface area contributed by atoms with Gasteiger partial charge in [0.2, 0.25) is 5.88 Å². The maximum atomic E-state index is 12.1. The Hall–Kier alpha value is -3.29. The minimum atomic E-state index is -0.346. The van der Waals surface area contributed by atoms with Gasteiger partial charge in [-0.25, -0.2) is 0 Å². The quantitative estimate of drug-likeness (QED) is 0.723. The van der Waals surface area contributed by atoms with Gasteiger partial charge in [-0.2, -0.15) is 0 Å². The number of rotatable bonds is 5. The van der Waals surface area contributed by atoms with E-state index in [0.29, 0.717) is 17.3 Å². The lowest BCUT2D eigenvalue weighted by atomic mass is 10.1. The van der Waals surface area contributed by atoms with Crippen LogP contribution in [-0.4, -0.2) is 31.8 Å². The van der Waals surface area contributed by atoms with Crippen molar-refractivity contribution < 1.29 is 14.1 Å². The second kappa shape index (κ2) is 7.75. The molecule has 0 aliphatic heterocycles. The summed E-state index contributed by atoms with van der Waals surface area (Å²) >= 11 is 0. The Bertz CT molecular complexity index is 957. The molecule has 0 aliphatic rings. The first kappa shape index (κ1) is 19.5. The van der Waals surface area contributed by atoms with E-state index in [-0.39, 0.29) is 23.7 Å². The fourth-order valence-corrected chi connectivity index (χ4v) is 2.46. The molecule has 0 bridgehead atoms. The highest BCUT2D eigenvalue weighted by Gasteiger charge is 2.18. The van der Waals surface area contributed by atoms with Crippen LogP contribution >= 0.6 is 0 Å². The molecular formula is C20H23N5O3. The van der Waals surface area contributed by atoms with E-state index < -0.39 is 0 Å². The van der Waals surface area contributed by atoms with Crippen LogP contribution in [0.1, 0.15) is 48.3 Å². The van der Waals surface area contributed by atoms with Crippen molar-refractivity contribution in [1.82, 2.24) is 25.7 Å². The minimum Gasteiger partial charge on any atom is -0.472 e. The van der Waals surface area contributed by atoms with Crippen LogP contribution in [0.25, 0.3) is 11.3 Å². The molecule has 0 atom stereocenters. The van der Waals surface area contributed by atoms with Gasteiger partial charge in [0.25, 0.3) is 5.91 Å². The normalized spacial score (nSPS) is 11.3. The van der Waals surface area contributed by atoms with Gasteiger partial charge in [-0.1, -0.05) is 5.16 Å². The number of carbonyl (C=O) groups is 1. The number of hydrogen-bond donors (Lipinski definition) is 1. The zero-order valence-electron chi connectivity index (χ0n) is 16.6. The van der Waals surface area contributed by atoms with Gasteiger partial charge in [0.15, 0.2) is 5.69 Å². The van der Waals surface area contributed by atoms with Crippen LogP contribution < -0.4 is 10.1 Å². The second-order valence-electron chi connectivity index (χ2n) is 7.50. The third kappa shape index (κ3) is 4.70. The smallest absolute Gasteiger partial charge is 0.272 e. The lowest BCUT2D eigenvalue weighted by molar-refractivity contribution is 0.0913. The van der Waals surface area contributed by atoms with Crippen molar-refractivity contribution in [3.8, 4) is 17.1 Å². The number of carbonyl (C=O) groups excluding carboxylic acids is 1. The molecule has 28 heavy (non-hydrogen) atoms. The van der Waals surface area contributed by atoms with Crippen LogP contribution in [0.2, 0.25) is 0 Å². The van der Waals surface area contributed by atoms with Gasteiger partial charge in [0.05, 0.1) is 5.56 Å². The summed E-state index contributed by atoms with van der Waals surface area (Å²) in [5.41, 5.74) is 3.14. The number of hydrogen-bond acceptors (Lipinski definition) is 7. The lowest BCUT2D eigenvalue weighted by Gasteiger charge is -2.19. The fraction of sp³-hybridized carbons (Fsp3) is 0.350. The zero-order valence-corrected chi connectivity index (χ0v) is 16.6. The third-order valence-corrected chi connectivity index (χ3v) is 3.90. The van der Waals surface area contributed by atoms with E-state index in [2.05, 4.69) is 25.7 Å². The zero-order chi connectivity index (χ0) is 20.3. The molecular weight excluding hydrogens is 358 g/mol. The Balaban J connectivity index is 1.70. The molecule has 0 saturated carbocycles. The maximum absolute atomic E-state index is 12.1. The number of nitrogens with one attached hydrogen (secondary N) is 1. The average Bonchev–Trinajstić information content (AvgIpc) is 3.00. The molecule has 8 heteroatoms. The van der Waals surface area contributed by atoms with Gasteiger partial charge in [-0.3, -0.25) is 9.78 Å². The topological polar surface area (TPSA) is 103 Å². The van der Waals surface area contributed by atoms with Crippen molar-refractivity contribution in [1.29, 1.82) is 0 Å². The standard InChI is InChI=1S/C20H23N5O3/c1-12-6-7-14(10-21-12)18-15(13(2)28-25-18)11-27-17-9-8-16(23-24-17)19(26)22-20(3,4)5/h6-10H,11H2,1-5H3,(H,22,26). The SMILES string of the molecule is Cc1ccc(-c2noc(C)c2COc2ccc(C(=O)NC(C)(C)C)nn2)cn1. The number of nitrogens with zero attached hydrogens (tertiary/aromatic N) is 4. The van der Waals surface area contributed by atoms with E-state index in [4.69, 9.17) is 9.26 Å². The number of ether oxygens (including phenoxy) is 1. The molecule has 0 spiro atoms. The first-order chi connectivity index (χ1) is 13.2. The van der Waals surface area contributed by atoms with Crippen LogP contribution in [0.3, 0.4) is 0 Å². The van der Waals surface area contributed by atoms with Gasteiger partial charge in [0, 0.05) is 29.1 Å². The summed E-state index contributed by atoms with van der Waals surface area (Å²) in [6.07, 6.45) is 1.75. The highest BCUT2D eigenvalue weighted by Crippen LogP contribution is 2.26. The van der Waals surface area contributed by atoms with Gasteiger partial charge < -0.3 is 14.6 Å². The van der Waals surface area contributed by atoms with E-state index in [1.165, 1.54) is 0 Å². The Morgan fingerprint density at radius 2 is 1.93 bits per heavy atom. The predicted octanol–water partition coefficient (Wildman–Crippen LogP) is 3.25. The molecule has 0 saturated heterocycles. The summed E-state index contributed by atoms with van der Waals surface area (Å²) in [5.74, 6) is 0.682. The lowest BCUT2D eigenvalue weighted by Crippen LogP contribution is -2.41. The molecule has 0 unspecified atom stereocenters. The molecule has 1 amide bonds. The van der Waals surface area contributed by atoms with Crippen LogP contribution in [0.4, 0.5) is 0 Å². The van der Waals surface area contributed by atoms with Crippen molar-refractivity contribution in [2.24, 2.45) is 0 Å². The van der Waals surface area contributed by atoms with Crippen molar-refractivity contribution >= 4 is 5.91 Å². The van der Waals surface area contributed by atoms with E-state index in [0.717, 1.165) is 16.8 Å². The molecule has 146 valence electrons. The predicted molar refractivity (Wildman–Crippen MR) is 103 cm³/mol. The highest BCUT2D eigenvalue weighted by atomic mass is 16.5. The maximum Gasteiger partial charge on any atom is 0.272 e. The Morgan fingerprint density at radius 1 is 1.14 bits per heavy atom. The summed E-state index contributed by atoms with van der Waals surface area (Å²) in [6.45, 7) is 9.66. The molecule has 3 aromatic rings. The minimum absolute atomic E-state index is 0.209. The van der Waals surface area contributed by atoms with Crippen LogP contribution in [0.5, 0.6) is 5.88 Å². The Kier molecular flexibility index (Phi) is 5.39. The van der Waals surface area contributed by atoms with Crippen molar-refractivity contribution in [2.75, 3.05) is 0 Å². The Morgan fingerprint density at radius 3 is 2.54 bits per heavy atom. The second-order valence-corrected chi connectivity index (χ2v) is 7.50. The third-order valence-electron chi connectivity index (χ3n) is 3.90. The van der Waals surface area contributed by atoms with Crippen LogP contribution in [0, 0.1) is 13.8 Å². The summed E-state index contributed by atoms with van der Waals surface area (Å²) in [5, 5.41) is 14.9. The average molecular weight is 381 g/mol. The molecule has 0 radical (unpaired) electrons. The molecule has 3 rings (SSSR count). The van der Waals surface area contributed by atoms with Gasteiger partial charge in [-0.15, -0.1) is 10.2 Å². The van der Waals surface area contributed by atoms with Gasteiger partial charge >= 0.3 is 0 Å². The highest BCUT2D eigenvalue weighted by molar-refractivity contribution is 5.92. The van der Waals surface area contributed by atoms with Gasteiger partial charge in [0.1, 0.15) is 18.1 Å². The van der Waals surface area contributed by atoms with Crippen molar-refractivity contribution in [3.63, 3.8) is 0 Å². The van der Waals surface area contributed by atoms with E-state index >= 15 is 0 Å². The fourth-order valence-electron chi connectivity index (χ4n) is 2.46. The van der Waals surface area contributed by atoms with Crippen molar-refractivity contribution in [3.05, 3.63) is 53.2 Å². The van der Waals surface area contributed by atoms with Crippen LogP contribution in [0.15, 0.2) is 35.0 Å². The first-order valence-corrected chi connectivity index (χ1v) is 8.90. The van der Waals surface area contributed by atoms with E-state index in [1.807, 2.05) is 46.8 Å². The molecule has 0 fully saturated rings. The summed E-state index contributed by atoms with van der Waals surface area (Å²) in [4.78, 5) is 16.4. The first-order valence-electron chi connectivity index (χ1n) is 8.90.